The molecule has 0 aliphatic carbocycles. The van der Waals surface area contributed by atoms with Gasteiger partial charge in [0.1, 0.15) is 0 Å². The van der Waals surface area contributed by atoms with E-state index < -0.39 is 0 Å². The van der Waals surface area contributed by atoms with Crippen molar-refractivity contribution in [2.45, 2.75) is 35.1 Å². The molecule has 10 heavy (non-hydrogen) atoms. The molecule has 65 valence electrons. The average Bonchev–Trinajstić information content (AvgIpc) is 1.72. The first-order valence-corrected chi connectivity index (χ1v) is 2.49. The Labute approximate surface area is 94.4 Å². The summed E-state index contributed by atoms with van der Waals surface area (Å²) in [5, 5.41) is 0. The minimum absolute atomic E-state index is 0. The molecule has 0 aromatic heterocycles. The molecule has 1 heteroatoms. The second kappa shape index (κ2) is 95.2. The van der Waals surface area contributed by atoms with Crippen LogP contribution in [0.3, 0.4) is 0 Å². The van der Waals surface area contributed by atoms with E-state index in [2.05, 4.69) is 0 Å². The molecule has 0 aliphatic rings. The molecule has 0 aliphatic heterocycles. The van der Waals surface area contributed by atoms with Crippen LogP contribution < -0.4 is 0 Å². The number of rotatable bonds is 0. The van der Waals surface area contributed by atoms with Crippen LogP contribution >= 0.6 is 0 Å². The van der Waals surface area contributed by atoms with E-state index in [-0.39, 0.29) is 55.0 Å². The summed E-state index contributed by atoms with van der Waals surface area (Å²) in [4.78, 5) is 0. The molecule has 0 amide bonds. The van der Waals surface area contributed by atoms with E-state index in [0.717, 1.165) is 0 Å². The smallest absolute Gasteiger partial charge is 0 e. The van der Waals surface area contributed by atoms with E-state index in [1.807, 2.05) is 39.8 Å². The predicted molar refractivity (Wildman–Crippen MR) is 51.4 cm³/mol. The Morgan fingerprint density at radius 2 is 0.900 bits per heavy atom. The Kier molecular flexibility index (Phi) is 426. The van der Waals surface area contributed by atoms with Crippen LogP contribution in [-0.2, 0) is 32.7 Å². The molecule has 0 saturated carbocycles. The van der Waals surface area contributed by atoms with Crippen LogP contribution in [-0.4, -0.2) is 0 Å². The third kappa shape index (κ3) is 160. The van der Waals surface area contributed by atoms with Crippen molar-refractivity contribution in [3.05, 3.63) is 27.0 Å². The third-order valence-electron chi connectivity index (χ3n) is 0.333. The van der Waals surface area contributed by atoms with Crippen LogP contribution in [0, 0.1) is 14.9 Å². The van der Waals surface area contributed by atoms with Crippen LogP contribution in [0.25, 0.3) is 0 Å². The molecule has 0 N–H and O–H groups in total. The minimum Gasteiger partial charge on any atom is -0.358 e. The zero-order valence-electron chi connectivity index (χ0n) is 7.73. The first-order valence-electron chi connectivity index (χ1n) is 2.49. The molecule has 0 nitrogen and oxygen atoms in total. The Morgan fingerprint density at radius 3 is 0.900 bits per heavy atom. The molecular weight excluding hydrogens is 197 g/mol. The van der Waals surface area contributed by atoms with E-state index in [0.29, 0.717) is 0 Å². The van der Waals surface area contributed by atoms with Crippen LogP contribution in [0.2, 0.25) is 0 Å². The maximum atomic E-state index is 2.00. The Balaban J connectivity index is -0.00000000625. The molecule has 0 fully saturated rings. The summed E-state index contributed by atoms with van der Waals surface area (Å²) < 4.78 is 0. The van der Waals surface area contributed by atoms with Gasteiger partial charge in [0.15, 0.2) is 0 Å². The Bertz CT molecular complexity index is 19.9. The van der Waals surface area contributed by atoms with Crippen molar-refractivity contribution in [1.82, 2.24) is 0 Å². The molecule has 0 rings (SSSR count). The van der Waals surface area contributed by atoms with Crippen LogP contribution in [0.15, 0.2) is 12.2 Å². The first kappa shape index (κ1) is 44.8. The monoisotopic (exact) mass is 221 g/mol. The van der Waals surface area contributed by atoms with E-state index in [4.69, 9.17) is 0 Å². The van der Waals surface area contributed by atoms with Crippen molar-refractivity contribution in [2.75, 3.05) is 0 Å². The van der Waals surface area contributed by atoms with Gasteiger partial charge in [0.25, 0.3) is 0 Å². The van der Waals surface area contributed by atoms with Gasteiger partial charge in [-0.15, -0.1) is 0 Å². The second-order valence-corrected chi connectivity index (χ2v) is 0.667. The number of allylic oxidation sites excluding steroid dienone is 2. The summed E-state index contributed by atoms with van der Waals surface area (Å²) in [7, 11) is 0. The Morgan fingerprint density at radius 1 is 0.800 bits per heavy atom. The van der Waals surface area contributed by atoms with E-state index in [9.17, 15) is 0 Å². The van der Waals surface area contributed by atoms with Crippen molar-refractivity contribution >= 4 is 0 Å². The molecule has 0 bridgehead atoms. The van der Waals surface area contributed by atoms with Gasteiger partial charge >= 0.3 is 0 Å². The number of hydrogen-bond donors (Lipinski definition) is 0. The Hall–Kier alpha value is 0.844. The maximum absolute atomic E-state index is 2.00. The molecule has 0 unspecified atom stereocenters. The van der Waals surface area contributed by atoms with E-state index in [1.54, 1.807) is 0 Å². The molecule has 0 aromatic rings. The van der Waals surface area contributed by atoms with Crippen molar-refractivity contribution in [2.24, 2.45) is 0 Å². The second-order valence-electron chi connectivity index (χ2n) is 0.667. The van der Waals surface area contributed by atoms with Gasteiger partial charge in [0, 0.05) is 32.7 Å². The first-order chi connectivity index (χ1) is 2.91. The molecule has 0 saturated heterocycles. The predicted octanol–water partition coefficient (Wildman–Crippen LogP) is 4.14. The summed E-state index contributed by atoms with van der Waals surface area (Å²) in [5.41, 5.74) is 0. The summed E-state index contributed by atoms with van der Waals surface area (Å²) in [6, 6.07) is 0. The number of hydrogen-bond acceptors (Lipinski definition) is 0. The summed E-state index contributed by atoms with van der Waals surface area (Å²) in [6.07, 6.45) is 4.00. The van der Waals surface area contributed by atoms with Crippen LogP contribution in [0.1, 0.15) is 35.1 Å². The van der Waals surface area contributed by atoms with Crippen molar-refractivity contribution < 1.29 is 32.7 Å². The van der Waals surface area contributed by atoms with Crippen LogP contribution in [0.4, 0.5) is 0 Å². The van der Waals surface area contributed by atoms with Gasteiger partial charge in [-0.3, -0.25) is 0 Å². The van der Waals surface area contributed by atoms with E-state index >= 15 is 0 Å². The topological polar surface area (TPSA) is 0 Å². The van der Waals surface area contributed by atoms with Gasteiger partial charge < -0.3 is 14.9 Å². The zero-order valence-corrected chi connectivity index (χ0v) is 10.6. The normalized spacial score (nSPS) is 4.40. The largest absolute Gasteiger partial charge is 0.358 e. The molecule has 0 heterocycles. The fraction of sp³-hybridized carbons (Fsp3) is 0.556. The maximum Gasteiger partial charge on any atom is 0 e. The fourth-order valence-corrected chi connectivity index (χ4v) is 0. The summed E-state index contributed by atoms with van der Waals surface area (Å²) >= 11 is 0. The molecular formula is C9H24Y-2. The van der Waals surface area contributed by atoms with Gasteiger partial charge in [-0.2, -0.15) is 0 Å². The van der Waals surface area contributed by atoms with Gasteiger partial charge in [-0.05, 0) is 13.8 Å². The van der Waals surface area contributed by atoms with Crippen molar-refractivity contribution in [3.8, 4) is 0 Å². The average molecular weight is 221 g/mol. The fourth-order valence-electron chi connectivity index (χ4n) is 0. The van der Waals surface area contributed by atoms with Gasteiger partial charge in [-0.1, -0.05) is 33.4 Å². The molecule has 0 spiro atoms. The van der Waals surface area contributed by atoms with Crippen molar-refractivity contribution in [1.29, 1.82) is 0 Å². The molecule has 0 aromatic carbocycles. The minimum atomic E-state index is 0. The summed E-state index contributed by atoms with van der Waals surface area (Å²) in [5.74, 6) is 0. The molecule has 0 atom stereocenters. The van der Waals surface area contributed by atoms with Gasteiger partial charge in [0.05, 0.1) is 0 Å². The third-order valence-corrected chi connectivity index (χ3v) is 0.333. The van der Waals surface area contributed by atoms with E-state index in [1.165, 1.54) is 0 Å². The SMILES string of the molecule is C.CC.CC=CC.[CH3-].[CH3-].[Y]. The van der Waals surface area contributed by atoms with Gasteiger partial charge in [-0.25, -0.2) is 0 Å². The standard InChI is InChI=1S/C4H8.C2H6.CH4.2CH3.Y/c1-3-4-2;1-2;;;;/h3-4H,1-2H3;1-2H3;1H4;2*1H3;/q;;;2*-1;. The quantitative estimate of drug-likeness (QED) is 0.426. The summed E-state index contributed by atoms with van der Waals surface area (Å²) in [6.45, 7) is 8.00. The van der Waals surface area contributed by atoms with Crippen LogP contribution in [0.5, 0.6) is 0 Å². The zero-order chi connectivity index (χ0) is 5.41. The van der Waals surface area contributed by atoms with Gasteiger partial charge in [0.2, 0.25) is 0 Å². The van der Waals surface area contributed by atoms with Crippen molar-refractivity contribution in [3.63, 3.8) is 0 Å². The molecule has 1 radical (unpaired) electrons.